The molecule has 4 heteroatoms. The van der Waals surface area contributed by atoms with Gasteiger partial charge in [0.2, 0.25) is 0 Å². The molecule has 0 atom stereocenters. The molecule has 1 aliphatic rings. The van der Waals surface area contributed by atoms with E-state index in [0.29, 0.717) is 6.04 Å². The van der Waals surface area contributed by atoms with Crippen LogP contribution in [0.15, 0.2) is 28.7 Å². The number of hydrogen-bond donors (Lipinski definition) is 1. The monoisotopic (exact) mass is 283 g/mol. The van der Waals surface area contributed by atoms with Gasteiger partial charge in [-0.2, -0.15) is 0 Å². The van der Waals surface area contributed by atoms with Crippen molar-refractivity contribution in [3.05, 3.63) is 28.7 Å². The van der Waals surface area contributed by atoms with Crippen molar-refractivity contribution < 1.29 is 9.90 Å². The van der Waals surface area contributed by atoms with Crippen molar-refractivity contribution in [2.24, 2.45) is 5.92 Å². The Balaban J connectivity index is 1.97. The van der Waals surface area contributed by atoms with Crippen LogP contribution >= 0.6 is 15.9 Å². The fourth-order valence-corrected chi connectivity index (χ4v) is 2.26. The smallest absolute Gasteiger partial charge is 0.306 e. The van der Waals surface area contributed by atoms with Gasteiger partial charge in [-0.3, -0.25) is 4.79 Å². The maximum absolute atomic E-state index is 10.7. The highest BCUT2D eigenvalue weighted by atomic mass is 79.9. The average Bonchev–Trinajstić information content (AvgIpc) is 2.15. The summed E-state index contributed by atoms with van der Waals surface area (Å²) in [4.78, 5) is 12.9. The molecule has 16 heavy (non-hydrogen) atoms. The number of nitrogens with zero attached hydrogens (tertiary/aromatic N) is 1. The number of halogens is 1. The molecule has 0 saturated heterocycles. The van der Waals surface area contributed by atoms with Crippen LogP contribution in [0.2, 0.25) is 0 Å². The molecule has 1 aliphatic carbocycles. The molecule has 0 aromatic heterocycles. The molecule has 1 N–H and O–H groups in total. The molecule has 0 aliphatic heterocycles. The summed E-state index contributed by atoms with van der Waals surface area (Å²) in [6.07, 6.45) is 1.50. The minimum absolute atomic E-state index is 0.150. The van der Waals surface area contributed by atoms with E-state index in [1.54, 1.807) is 0 Å². The van der Waals surface area contributed by atoms with Crippen LogP contribution in [-0.4, -0.2) is 24.2 Å². The highest BCUT2D eigenvalue weighted by Crippen LogP contribution is 2.34. The Hall–Kier alpha value is -1.03. The van der Waals surface area contributed by atoms with Crippen LogP contribution in [0.4, 0.5) is 5.69 Å². The summed E-state index contributed by atoms with van der Waals surface area (Å²) in [5.41, 5.74) is 1.14. The van der Waals surface area contributed by atoms with Gasteiger partial charge in [0.1, 0.15) is 0 Å². The Morgan fingerprint density at radius 2 is 1.94 bits per heavy atom. The Morgan fingerprint density at radius 1 is 1.38 bits per heavy atom. The lowest BCUT2D eigenvalue weighted by Crippen LogP contribution is -2.45. The second-order valence-corrected chi connectivity index (χ2v) is 5.16. The van der Waals surface area contributed by atoms with Gasteiger partial charge in [-0.25, -0.2) is 0 Å². The van der Waals surface area contributed by atoms with Crippen molar-refractivity contribution >= 4 is 27.6 Å². The minimum Gasteiger partial charge on any atom is -0.481 e. The third-order valence-corrected chi connectivity index (χ3v) is 3.77. The number of hydrogen-bond acceptors (Lipinski definition) is 2. The summed E-state index contributed by atoms with van der Waals surface area (Å²) >= 11 is 3.40. The maximum atomic E-state index is 10.7. The first-order valence-corrected chi connectivity index (χ1v) is 6.08. The topological polar surface area (TPSA) is 40.5 Å². The van der Waals surface area contributed by atoms with E-state index in [1.165, 1.54) is 0 Å². The number of carboxylic acids is 1. The first-order chi connectivity index (χ1) is 7.58. The van der Waals surface area contributed by atoms with Crippen LogP contribution in [0.1, 0.15) is 12.8 Å². The Kier molecular flexibility index (Phi) is 3.19. The summed E-state index contributed by atoms with van der Waals surface area (Å²) in [5, 5.41) is 8.82. The van der Waals surface area contributed by atoms with Gasteiger partial charge in [-0.15, -0.1) is 0 Å². The third kappa shape index (κ3) is 2.21. The van der Waals surface area contributed by atoms with Gasteiger partial charge >= 0.3 is 5.97 Å². The van der Waals surface area contributed by atoms with E-state index in [4.69, 9.17) is 5.11 Å². The molecule has 2 rings (SSSR count). The number of carbonyl (C=O) groups is 1. The molecule has 1 fully saturated rings. The van der Waals surface area contributed by atoms with E-state index in [9.17, 15) is 4.79 Å². The molecular weight excluding hydrogens is 270 g/mol. The average molecular weight is 284 g/mol. The van der Waals surface area contributed by atoms with Crippen LogP contribution in [-0.2, 0) is 4.79 Å². The quantitative estimate of drug-likeness (QED) is 0.927. The van der Waals surface area contributed by atoms with Gasteiger partial charge in [0.25, 0.3) is 0 Å². The normalized spacial score (nSPS) is 23.6. The highest BCUT2D eigenvalue weighted by Gasteiger charge is 2.36. The summed E-state index contributed by atoms with van der Waals surface area (Å²) in [7, 11) is 2.02. The molecule has 1 aromatic carbocycles. The third-order valence-electron chi connectivity index (χ3n) is 3.24. The molecule has 0 unspecified atom stereocenters. The van der Waals surface area contributed by atoms with E-state index in [2.05, 4.69) is 20.8 Å². The zero-order valence-corrected chi connectivity index (χ0v) is 10.6. The molecule has 0 heterocycles. The van der Waals surface area contributed by atoms with Gasteiger partial charge in [0.05, 0.1) is 5.92 Å². The zero-order valence-electron chi connectivity index (χ0n) is 9.06. The second kappa shape index (κ2) is 4.45. The zero-order chi connectivity index (χ0) is 11.7. The highest BCUT2D eigenvalue weighted by molar-refractivity contribution is 9.10. The Bertz CT molecular complexity index is 385. The molecular formula is C12H14BrNO2. The number of rotatable bonds is 3. The van der Waals surface area contributed by atoms with Gasteiger partial charge in [0.15, 0.2) is 0 Å². The predicted octanol–water partition coefficient (Wildman–Crippen LogP) is 2.75. The molecule has 3 nitrogen and oxygen atoms in total. The molecule has 0 amide bonds. The molecule has 1 aromatic rings. The Morgan fingerprint density at radius 3 is 2.44 bits per heavy atom. The largest absolute Gasteiger partial charge is 0.481 e. The van der Waals surface area contributed by atoms with Crippen LogP contribution < -0.4 is 4.90 Å². The molecule has 0 radical (unpaired) electrons. The van der Waals surface area contributed by atoms with Crippen LogP contribution in [0.5, 0.6) is 0 Å². The van der Waals surface area contributed by atoms with Gasteiger partial charge in [-0.1, -0.05) is 15.9 Å². The van der Waals surface area contributed by atoms with Crippen LogP contribution in [0.25, 0.3) is 0 Å². The standard InChI is InChI=1S/C12H14BrNO2/c1-14(10-4-2-9(13)3-5-10)11-6-8(7-11)12(15)16/h2-5,8,11H,6-7H2,1H3,(H,15,16). The van der Waals surface area contributed by atoms with Crippen molar-refractivity contribution in [2.45, 2.75) is 18.9 Å². The van der Waals surface area contributed by atoms with Gasteiger partial charge in [0, 0.05) is 23.2 Å². The first-order valence-electron chi connectivity index (χ1n) is 5.29. The molecule has 1 saturated carbocycles. The number of carboxylic acid groups (broad SMARTS) is 1. The van der Waals surface area contributed by atoms with Crippen molar-refractivity contribution in [1.29, 1.82) is 0 Å². The fourth-order valence-electron chi connectivity index (χ4n) is 1.99. The summed E-state index contributed by atoms with van der Waals surface area (Å²) in [6.45, 7) is 0. The first kappa shape index (κ1) is 11.5. The fraction of sp³-hybridized carbons (Fsp3) is 0.417. The number of benzene rings is 1. The lowest BCUT2D eigenvalue weighted by molar-refractivity contribution is -0.145. The Labute approximate surface area is 103 Å². The molecule has 86 valence electrons. The summed E-state index contributed by atoms with van der Waals surface area (Å²) in [5.74, 6) is -0.816. The summed E-state index contributed by atoms with van der Waals surface area (Å²) in [6, 6.07) is 8.44. The molecule has 0 bridgehead atoms. The van der Waals surface area contributed by atoms with Crippen molar-refractivity contribution in [1.82, 2.24) is 0 Å². The predicted molar refractivity (Wildman–Crippen MR) is 66.7 cm³/mol. The van der Waals surface area contributed by atoms with E-state index >= 15 is 0 Å². The summed E-state index contributed by atoms with van der Waals surface area (Å²) < 4.78 is 1.06. The lowest BCUT2D eigenvalue weighted by atomic mass is 9.79. The van der Waals surface area contributed by atoms with Crippen molar-refractivity contribution in [3.8, 4) is 0 Å². The van der Waals surface area contributed by atoms with Crippen LogP contribution in [0, 0.1) is 5.92 Å². The van der Waals surface area contributed by atoms with E-state index in [0.717, 1.165) is 23.0 Å². The number of aliphatic carboxylic acids is 1. The van der Waals surface area contributed by atoms with Crippen molar-refractivity contribution in [2.75, 3.05) is 11.9 Å². The molecule has 0 spiro atoms. The van der Waals surface area contributed by atoms with Crippen molar-refractivity contribution in [3.63, 3.8) is 0 Å². The van der Waals surface area contributed by atoms with E-state index in [-0.39, 0.29) is 5.92 Å². The van der Waals surface area contributed by atoms with Gasteiger partial charge < -0.3 is 10.0 Å². The number of anilines is 1. The van der Waals surface area contributed by atoms with E-state index < -0.39 is 5.97 Å². The minimum atomic E-state index is -0.666. The lowest BCUT2D eigenvalue weighted by Gasteiger charge is -2.40. The maximum Gasteiger partial charge on any atom is 0.306 e. The van der Waals surface area contributed by atoms with E-state index in [1.807, 2.05) is 31.3 Å². The SMILES string of the molecule is CN(c1ccc(Br)cc1)C1CC(C(=O)O)C1. The second-order valence-electron chi connectivity index (χ2n) is 4.25. The van der Waals surface area contributed by atoms with Crippen LogP contribution in [0.3, 0.4) is 0 Å². The van der Waals surface area contributed by atoms with Gasteiger partial charge in [-0.05, 0) is 37.1 Å².